The van der Waals surface area contributed by atoms with Crippen molar-refractivity contribution in [1.82, 2.24) is 0 Å². The minimum Gasteiger partial charge on any atom is -0.427 e. The number of rotatable bonds is 4. The van der Waals surface area contributed by atoms with Crippen molar-refractivity contribution < 1.29 is 14.3 Å². The van der Waals surface area contributed by atoms with E-state index in [2.05, 4.69) is 0 Å². The molecule has 0 spiro atoms. The summed E-state index contributed by atoms with van der Waals surface area (Å²) >= 11 is 0. The van der Waals surface area contributed by atoms with Gasteiger partial charge >= 0.3 is 5.97 Å². The molecule has 96 valence electrons. The molecule has 0 fully saturated rings. The number of ketones is 1. The predicted molar refractivity (Wildman–Crippen MR) is 72.2 cm³/mol. The molecule has 2 aromatic rings. The normalized spacial score (nSPS) is 9.95. The van der Waals surface area contributed by atoms with Gasteiger partial charge in [0.05, 0.1) is 0 Å². The highest BCUT2D eigenvalue weighted by Gasteiger charge is 2.06. The van der Waals surface area contributed by atoms with E-state index in [1.807, 2.05) is 18.2 Å². The fraction of sp³-hybridized carbons (Fsp3) is 0.125. The van der Waals surface area contributed by atoms with E-state index in [4.69, 9.17) is 4.74 Å². The van der Waals surface area contributed by atoms with Crippen LogP contribution in [0.15, 0.2) is 54.6 Å². The van der Waals surface area contributed by atoms with Gasteiger partial charge in [0.15, 0.2) is 5.78 Å². The molecular weight excluding hydrogens is 240 g/mol. The summed E-state index contributed by atoms with van der Waals surface area (Å²) in [5, 5.41) is 0. The Balaban J connectivity index is 2.04. The Labute approximate surface area is 111 Å². The number of carbonyl (C=O) groups excluding carboxylic acids is 2. The van der Waals surface area contributed by atoms with Gasteiger partial charge in [-0.1, -0.05) is 42.5 Å². The van der Waals surface area contributed by atoms with Crippen molar-refractivity contribution in [3.8, 4) is 5.75 Å². The van der Waals surface area contributed by atoms with Gasteiger partial charge < -0.3 is 4.74 Å². The molecular formula is C16H14O3. The van der Waals surface area contributed by atoms with Crippen LogP contribution < -0.4 is 4.74 Å². The fourth-order valence-electron chi connectivity index (χ4n) is 1.75. The monoisotopic (exact) mass is 254 g/mol. The van der Waals surface area contributed by atoms with E-state index in [0.717, 1.165) is 5.56 Å². The first-order valence-electron chi connectivity index (χ1n) is 6.01. The number of Topliss-reactive ketones (excluding diaryl/α,β-unsaturated/α-hetero) is 1. The summed E-state index contributed by atoms with van der Waals surface area (Å²) < 4.78 is 4.93. The largest absolute Gasteiger partial charge is 0.427 e. The van der Waals surface area contributed by atoms with Gasteiger partial charge in [0.1, 0.15) is 5.75 Å². The van der Waals surface area contributed by atoms with Crippen LogP contribution in [-0.4, -0.2) is 11.8 Å². The molecule has 0 saturated carbocycles. The van der Waals surface area contributed by atoms with Gasteiger partial charge in [-0.25, -0.2) is 0 Å². The van der Waals surface area contributed by atoms with Gasteiger partial charge in [0.25, 0.3) is 0 Å². The van der Waals surface area contributed by atoms with Crippen LogP contribution in [0.1, 0.15) is 22.8 Å². The molecule has 3 heteroatoms. The molecule has 3 nitrogen and oxygen atoms in total. The second-order valence-corrected chi connectivity index (χ2v) is 4.20. The lowest BCUT2D eigenvalue weighted by molar-refractivity contribution is -0.131. The van der Waals surface area contributed by atoms with E-state index in [1.54, 1.807) is 36.4 Å². The summed E-state index contributed by atoms with van der Waals surface area (Å²) in [5.74, 6) is 0.206. The van der Waals surface area contributed by atoms with Crippen LogP contribution in [-0.2, 0) is 11.2 Å². The molecule has 19 heavy (non-hydrogen) atoms. The molecule has 2 rings (SSSR count). The third kappa shape index (κ3) is 3.78. The number of hydrogen-bond acceptors (Lipinski definition) is 3. The molecule has 0 aromatic heterocycles. The highest BCUT2D eigenvalue weighted by atomic mass is 16.5. The molecule has 0 amide bonds. The van der Waals surface area contributed by atoms with E-state index in [-0.39, 0.29) is 11.8 Å². The molecule has 0 unspecified atom stereocenters. The maximum absolute atomic E-state index is 12.0. The average Bonchev–Trinajstić information content (AvgIpc) is 2.41. The van der Waals surface area contributed by atoms with Crippen molar-refractivity contribution >= 4 is 11.8 Å². The minimum atomic E-state index is -0.354. The van der Waals surface area contributed by atoms with Gasteiger partial charge in [-0.3, -0.25) is 9.59 Å². The van der Waals surface area contributed by atoms with E-state index >= 15 is 0 Å². The third-order valence-corrected chi connectivity index (χ3v) is 2.65. The van der Waals surface area contributed by atoms with E-state index < -0.39 is 0 Å². The molecule has 0 aliphatic heterocycles. The van der Waals surface area contributed by atoms with Gasteiger partial charge in [0, 0.05) is 18.9 Å². The fourth-order valence-corrected chi connectivity index (χ4v) is 1.75. The minimum absolute atomic E-state index is 0.0702. The standard InChI is InChI=1S/C16H14O3/c1-12(17)19-15-9-7-13(8-10-15)11-16(18)14-5-3-2-4-6-14/h2-10H,11H2,1H3. The second kappa shape index (κ2) is 5.96. The summed E-state index contributed by atoms with van der Waals surface area (Å²) in [5.41, 5.74) is 1.59. The Morgan fingerprint density at radius 3 is 2.16 bits per heavy atom. The van der Waals surface area contributed by atoms with E-state index in [0.29, 0.717) is 17.7 Å². The molecule has 0 heterocycles. The molecule has 0 saturated heterocycles. The Morgan fingerprint density at radius 1 is 0.947 bits per heavy atom. The summed E-state index contributed by atoms with van der Waals surface area (Å²) in [6.07, 6.45) is 0.338. The number of ether oxygens (including phenoxy) is 1. The van der Waals surface area contributed by atoms with Crippen LogP contribution in [0.3, 0.4) is 0 Å². The van der Waals surface area contributed by atoms with Crippen LogP contribution in [0.25, 0.3) is 0 Å². The lowest BCUT2D eigenvalue weighted by Crippen LogP contribution is -2.04. The predicted octanol–water partition coefficient (Wildman–Crippen LogP) is 3.04. The van der Waals surface area contributed by atoms with Crippen molar-refractivity contribution in [1.29, 1.82) is 0 Å². The lowest BCUT2D eigenvalue weighted by Gasteiger charge is -2.04. The van der Waals surface area contributed by atoms with Crippen molar-refractivity contribution in [2.75, 3.05) is 0 Å². The first-order valence-corrected chi connectivity index (χ1v) is 6.01. The van der Waals surface area contributed by atoms with Gasteiger partial charge in [0.2, 0.25) is 0 Å². The van der Waals surface area contributed by atoms with Gasteiger partial charge in [-0.05, 0) is 17.7 Å². The first-order chi connectivity index (χ1) is 9.15. The Kier molecular flexibility index (Phi) is 4.08. The highest BCUT2D eigenvalue weighted by molar-refractivity contribution is 5.97. The first kappa shape index (κ1) is 13.0. The SMILES string of the molecule is CC(=O)Oc1ccc(CC(=O)c2ccccc2)cc1. The lowest BCUT2D eigenvalue weighted by atomic mass is 10.0. The topological polar surface area (TPSA) is 43.4 Å². The molecule has 0 bridgehead atoms. The zero-order valence-corrected chi connectivity index (χ0v) is 10.6. The summed E-state index contributed by atoms with van der Waals surface area (Å²) in [6.45, 7) is 1.35. The van der Waals surface area contributed by atoms with Gasteiger partial charge in [-0.2, -0.15) is 0 Å². The van der Waals surface area contributed by atoms with Crippen molar-refractivity contribution in [3.05, 3.63) is 65.7 Å². The molecule has 0 aliphatic carbocycles. The Bertz CT molecular complexity index is 571. The van der Waals surface area contributed by atoms with Crippen molar-refractivity contribution in [3.63, 3.8) is 0 Å². The summed E-state index contributed by atoms with van der Waals surface area (Å²) in [4.78, 5) is 22.8. The Hall–Kier alpha value is -2.42. The molecule has 2 aromatic carbocycles. The molecule has 0 atom stereocenters. The van der Waals surface area contributed by atoms with Gasteiger partial charge in [-0.15, -0.1) is 0 Å². The summed E-state index contributed by atoms with van der Waals surface area (Å²) in [7, 11) is 0. The number of carbonyl (C=O) groups is 2. The zero-order chi connectivity index (χ0) is 13.7. The van der Waals surface area contributed by atoms with Crippen LogP contribution in [0.2, 0.25) is 0 Å². The molecule has 0 N–H and O–H groups in total. The van der Waals surface area contributed by atoms with Crippen LogP contribution in [0.5, 0.6) is 5.75 Å². The maximum atomic E-state index is 12.0. The van der Waals surface area contributed by atoms with Crippen molar-refractivity contribution in [2.45, 2.75) is 13.3 Å². The van der Waals surface area contributed by atoms with Crippen molar-refractivity contribution in [2.24, 2.45) is 0 Å². The third-order valence-electron chi connectivity index (χ3n) is 2.65. The number of esters is 1. The average molecular weight is 254 g/mol. The molecule has 0 aliphatic rings. The van der Waals surface area contributed by atoms with E-state index in [9.17, 15) is 9.59 Å². The van der Waals surface area contributed by atoms with Crippen LogP contribution >= 0.6 is 0 Å². The maximum Gasteiger partial charge on any atom is 0.308 e. The Morgan fingerprint density at radius 2 is 1.58 bits per heavy atom. The van der Waals surface area contributed by atoms with E-state index in [1.165, 1.54) is 6.92 Å². The molecule has 0 radical (unpaired) electrons. The summed E-state index contributed by atoms with van der Waals surface area (Å²) in [6, 6.07) is 16.1. The van der Waals surface area contributed by atoms with Crippen LogP contribution in [0, 0.1) is 0 Å². The number of benzene rings is 2. The second-order valence-electron chi connectivity index (χ2n) is 4.20. The number of hydrogen-bond donors (Lipinski definition) is 0. The van der Waals surface area contributed by atoms with Crippen LogP contribution in [0.4, 0.5) is 0 Å². The smallest absolute Gasteiger partial charge is 0.308 e. The highest BCUT2D eigenvalue weighted by Crippen LogP contribution is 2.14. The zero-order valence-electron chi connectivity index (χ0n) is 10.6. The quantitative estimate of drug-likeness (QED) is 0.478.